The summed E-state index contributed by atoms with van der Waals surface area (Å²) in [4.78, 5) is 32.6. The second kappa shape index (κ2) is 11.7. The highest BCUT2D eigenvalue weighted by Gasteiger charge is 2.57. The maximum Gasteiger partial charge on any atom is 0.310 e. The molecule has 2 aromatic rings. The average Bonchev–Trinajstić information content (AvgIpc) is 2.86. The lowest BCUT2D eigenvalue weighted by Crippen LogP contribution is -2.51. The van der Waals surface area contributed by atoms with Crippen LogP contribution in [0, 0.1) is 17.7 Å². The molecule has 0 aromatic heterocycles. The van der Waals surface area contributed by atoms with E-state index in [1.807, 2.05) is 13.0 Å². The van der Waals surface area contributed by atoms with Crippen molar-refractivity contribution in [3.8, 4) is 5.75 Å². The summed E-state index contributed by atoms with van der Waals surface area (Å²) in [6, 6.07) is 11.9. The van der Waals surface area contributed by atoms with Crippen LogP contribution < -0.4 is 0 Å². The van der Waals surface area contributed by atoms with Gasteiger partial charge in [-0.2, -0.15) is 0 Å². The minimum Gasteiger partial charge on any atom is -0.508 e. The van der Waals surface area contributed by atoms with E-state index in [1.54, 1.807) is 24.3 Å². The number of benzene rings is 2. The minimum absolute atomic E-state index is 0.0542. The maximum absolute atomic E-state index is 13.6. The van der Waals surface area contributed by atoms with Crippen LogP contribution in [-0.4, -0.2) is 44.0 Å². The lowest BCUT2D eigenvalue weighted by Gasteiger charge is -2.47. The normalized spacial score (nSPS) is 23.1. The predicted molar refractivity (Wildman–Crippen MR) is 144 cm³/mol. The smallest absolute Gasteiger partial charge is 0.310 e. The summed E-state index contributed by atoms with van der Waals surface area (Å²) in [6.07, 6.45) is 1.05. The van der Waals surface area contributed by atoms with Crippen molar-refractivity contribution in [3.05, 3.63) is 65.0 Å². The summed E-state index contributed by atoms with van der Waals surface area (Å²) in [5.41, 5.74) is 2.84. The van der Waals surface area contributed by atoms with Gasteiger partial charge in [-0.3, -0.25) is 9.59 Å². The number of hydrogen-bond acceptors (Lipinski definition) is 7. The molecular weight excluding hydrogens is 505 g/mol. The summed E-state index contributed by atoms with van der Waals surface area (Å²) in [5, 5.41) is 14.7. The molecule has 2 aromatic carbocycles. The molecular formula is C29H36FNO6Si. The standard InChI is InChI=1S/C29H36FNO6Si/c1-5-11-35-29(34)27-25-22-15-20(32)9-10-21(22)23(26(27)28(33)36-12-13-38(2,3)4)16-24(25)31-37-17-18-7-6-8-19(30)14-18/h6-10,14-15,23,25-27,32H,5,11-13,16-17H2,1-4H3/t23?,25-,26-,27-/m1/s1. The second-order valence-electron chi connectivity index (χ2n) is 11.3. The van der Waals surface area contributed by atoms with Crippen LogP contribution in [0.15, 0.2) is 47.6 Å². The Morgan fingerprint density at radius 1 is 1.03 bits per heavy atom. The van der Waals surface area contributed by atoms with Gasteiger partial charge >= 0.3 is 11.9 Å². The van der Waals surface area contributed by atoms with Crippen LogP contribution in [0.1, 0.15) is 48.3 Å². The molecule has 0 amide bonds. The van der Waals surface area contributed by atoms with Gasteiger partial charge in [-0.25, -0.2) is 4.39 Å². The molecule has 3 aliphatic carbocycles. The van der Waals surface area contributed by atoms with Gasteiger partial charge in [-0.05, 0) is 59.8 Å². The molecule has 2 bridgehead atoms. The summed E-state index contributed by atoms with van der Waals surface area (Å²) in [7, 11) is -1.42. The van der Waals surface area contributed by atoms with E-state index in [2.05, 4.69) is 24.8 Å². The van der Waals surface area contributed by atoms with E-state index < -0.39 is 37.8 Å². The molecule has 0 spiro atoms. The molecule has 0 heterocycles. The van der Waals surface area contributed by atoms with Gasteiger partial charge in [0.05, 0.1) is 30.8 Å². The molecule has 9 heteroatoms. The Morgan fingerprint density at radius 2 is 1.76 bits per heavy atom. The monoisotopic (exact) mass is 541 g/mol. The summed E-state index contributed by atoms with van der Waals surface area (Å²) < 4.78 is 24.9. The second-order valence-corrected chi connectivity index (χ2v) is 16.9. The Bertz CT molecular complexity index is 1210. The summed E-state index contributed by atoms with van der Waals surface area (Å²) in [5.74, 6) is -3.79. The van der Waals surface area contributed by atoms with Crippen molar-refractivity contribution in [2.24, 2.45) is 17.0 Å². The lowest BCUT2D eigenvalue weighted by molar-refractivity contribution is -0.163. The van der Waals surface area contributed by atoms with E-state index in [9.17, 15) is 19.1 Å². The molecule has 1 saturated carbocycles. The Morgan fingerprint density at radius 3 is 2.47 bits per heavy atom. The van der Waals surface area contributed by atoms with Crippen molar-refractivity contribution >= 4 is 25.7 Å². The third kappa shape index (κ3) is 6.26. The zero-order chi connectivity index (χ0) is 27.4. The highest BCUT2D eigenvalue weighted by molar-refractivity contribution is 6.76. The van der Waals surface area contributed by atoms with Crippen LogP contribution in [-0.2, 0) is 30.5 Å². The average molecular weight is 542 g/mol. The van der Waals surface area contributed by atoms with Gasteiger partial charge in [0.2, 0.25) is 0 Å². The lowest BCUT2D eigenvalue weighted by atomic mass is 9.55. The Labute approximate surface area is 224 Å². The third-order valence-corrected chi connectivity index (χ3v) is 8.87. The molecule has 204 valence electrons. The van der Waals surface area contributed by atoms with Crippen molar-refractivity contribution in [1.82, 2.24) is 0 Å². The van der Waals surface area contributed by atoms with E-state index in [-0.39, 0.29) is 30.7 Å². The van der Waals surface area contributed by atoms with Crippen molar-refractivity contribution in [3.63, 3.8) is 0 Å². The molecule has 3 aliphatic rings. The number of rotatable bonds is 10. The van der Waals surface area contributed by atoms with Gasteiger partial charge in [0.25, 0.3) is 0 Å². The van der Waals surface area contributed by atoms with Crippen LogP contribution in [0.4, 0.5) is 4.39 Å². The van der Waals surface area contributed by atoms with Crippen molar-refractivity contribution < 1.29 is 33.4 Å². The quantitative estimate of drug-likeness (QED) is 0.234. The Balaban J connectivity index is 1.67. The molecule has 0 radical (unpaired) electrons. The first kappa shape index (κ1) is 27.8. The molecule has 0 aliphatic heterocycles. The molecule has 1 fully saturated rings. The number of phenols is 1. The number of oxime groups is 1. The van der Waals surface area contributed by atoms with Gasteiger partial charge in [0.15, 0.2) is 0 Å². The largest absolute Gasteiger partial charge is 0.508 e. The highest BCUT2D eigenvalue weighted by Crippen LogP contribution is 2.56. The first-order valence-electron chi connectivity index (χ1n) is 13.2. The molecule has 7 nitrogen and oxygen atoms in total. The summed E-state index contributed by atoms with van der Waals surface area (Å²) >= 11 is 0. The number of carbonyl (C=O) groups is 2. The topological polar surface area (TPSA) is 94.4 Å². The molecule has 1 N–H and O–H groups in total. The molecule has 4 atom stereocenters. The molecule has 1 unspecified atom stereocenters. The van der Waals surface area contributed by atoms with E-state index in [1.165, 1.54) is 12.1 Å². The molecule has 38 heavy (non-hydrogen) atoms. The molecule has 5 rings (SSSR count). The van der Waals surface area contributed by atoms with Gasteiger partial charge in [-0.1, -0.05) is 49.9 Å². The van der Waals surface area contributed by atoms with Crippen molar-refractivity contribution in [2.45, 2.75) is 63.9 Å². The number of aromatic hydroxyl groups is 1. The number of nitrogens with zero attached hydrogens (tertiary/aromatic N) is 1. The maximum atomic E-state index is 13.6. The highest BCUT2D eigenvalue weighted by atomic mass is 28.3. The SMILES string of the molecule is CCCOC(=O)[C@H]1[C@H](C(=O)OCC[Si](C)(C)C)C2CC(=NOCc3cccc(F)c3)[C@H]1c1cc(O)ccc12. The minimum atomic E-state index is -1.42. The summed E-state index contributed by atoms with van der Waals surface area (Å²) in [6.45, 7) is 9.15. The van der Waals surface area contributed by atoms with Crippen LogP contribution in [0.5, 0.6) is 5.75 Å². The van der Waals surface area contributed by atoms with Crippen LogP contribution in [0.25, 0.3) is 0 Å². The third-order valence-electron chi connectivity index (χ3n) is 7.16. The predicted octanol–water partition coefficient (Wildman–Crippen LogP) is 5.76. The van der Waals surface area contributed by atoms with Gasteiger partial charge in [-0.15, -0.1) is 0 Å². The number of hydrogen-bond donors (Lipinski definition) is 1. The van der Waals surface area contributed by atoms with Gasteiger partial charge in [0, 0.05) is 19.9 Å². The molecule has 0 saturated heterocycles. The van der Waals surface area contributed by atoms with E-state index in [0.29, 0.717) is 30.7 Å². The Hall–Kier alpha value is -3.20. The van der Waals surface area contributed by atoms with E-state index >= 15 is 0 Å². The number of phenolic OH excluding ortho intramolecular Hbond substituents is 1. The first-order chi connectivity index (χ1) is 18.1. The van der Waals surface area contributed by atoms with E-state index in [4.69, 9.17) is 14.3 Å². The fourth-order valence-corrected chi connectivity index (χ4v) is 6.06. The first-order valence-corrected chi connectivity index (χ1v) is 16.9. The van der Waals surface area contributed by atoms with E-state index in [0.717, 1.165) is 17.2 Å². The van der Waals surface area contributed by atoms with Crippen LogP contribution >= 0.6 is 0 Å². The Kier molecular flexibility index (Phi) is 8.55. The van der Waals surface area contributed by atoms with Crippen molar-refractivity contribution in [2.75, 3.05) is 13.2 Å². The number of halogens is 1. The fourth-order valence-electron chi connectivity index (χ4n) is 5.35. The van der Waals surface area contributed by atoms with Crippen LogP contribution in [0.2, 0.25) is 25.7 Å². The fraction of sp³-hybridized carbons (Fsp3) is 0.483. The number of ether oxygens (including phenoxy) is 2. The van der Waals surface area contributed by atoms with Crippen molar-refractivity contribution in [1.29, 1.82) is 0 Å². The van der Waals surface area contributed by atoms with Crippen LogP contribution in [0.3, 0.4) is 0 Å². The van der Waals surface area contributed by atoms with Gasteiger partial charge < -0.3 is 19.4 Å². The number of esters is 2. The number of fused-ring (bicyclic) bond motifs is 2. The zero-order valence-corrected chi connectivity index (χ0v) is 23.4. The zero-order valence-electron chi connectivity index (χ0n) is 22.4. The van der Waals surface area contributed by atoms with Gasteiger partial charge in [0.1, 0.15) is 18.2 Å². The number of carbonyl (C=O) groups excluding carboxylic acids is 2.